The second kappa shape index (κ2) is 6.66. The summed E-state index contributed by atoms with van der Waals surface area (Å²) in [6, 6.07) is 6.99. The van der Waals surface area contributed by atoms with Gasteiger partial charge in [0.25, 0.3) is 0 Å². The number of hydrogen-bond donors (Lipinski definition) is 1. The van der Waals surface area contributed by atoms with Crippen LogP contribution in [-0.2, 0) is 4.79 Å². The van der Waals surface area contributed by atoms with E-state index in [9.17, 15) is 9.18 Å². The van der Waals surface area contributed by atoms with Crippen molar-refractivity contribution in [2.75, 3.05) is 13.1 Å². The maximum Gasteiger partial charge on any atom is 0.303 e. The number of likely N-dealkylation sites (tertiary alicyclic amines) is 1. The molecule has 1 fully saturated rings. The first kappa shape index (κ1) is 14.0. The lowest BCUT2D eigenvalue weighted by atomic mass is 9.95. The monoisotopic (exact) mass is 265 g/mol. The maximum absolute atomic E-state index is 13.0. The van der Waals surface area contributed by atoms with Crippen LogP contribution in [0, 0.1) is 5.82 Å². The van der Waals surface area contributed by atoms with E-state index in [0.29, 0.717) is 12.5 Å². The predicted molar refractivity (Wildman–Crippen MR) is 71.4 cm³/mol. The Hall–Kier alpha value is -1.42. The smallest absolute Gasteiger partial charge is 0.303 e. The number of aliphatic carboxylic acids is 1. The molecule has 0 saturated carbocycles. The number of nitrogens with zero attached hydrogens (tertiary/aromatic N) is 1. The predicted octanol–water partition coefficient (Wildman–Crippen LogP) is 3.22. The molecule has 1 saturated heterocycles. The van der Waals surface area contributed by atoms with E-state index in [1.165, 1.54) is 18.6 Å². The fraction of sp³-hybridized carbons (Fsp3) is 0.533. The van der Waals surface area contributed by atoms with E-state index in [1.807, 2.05) is 12.1 Å². The highest BCUT2D eigenvalue weighted by molar-refractivity contribution is 5.66. The fourth-order valence-corrected chi connectivity index (χ4v) is 2.75. The summed E-state index contributed by atoms with van der Waals surface area (Å²) in [6.07, 6.45) is 4.29. The van der Waals surface area contributed by atoms with Crippen molar-refractivity contribution in [2.45, 2.75) is 38.1 Å². The van der Waals surface area contributed by atoms with E-state index in [4.69, 9.17) is 5.11 Å². The average molecular weight is 265 g/mol. The van der Waals surface area contributed by atoms with E-state index in [0.717, 1.165) is 31.5 Å². The number of halogens is 1. The number of piperidine rings is 1. The van der Waals surface area contributed by atoms with Gasteiger partial charge in [-0.2, -0.15) is 0 Å². The molecule has 0 aliphatic carbocycles. The van der Waals surface area contributed by atoms with Gasteiger partial charge in [0.15, 0.2) is 0 Å². The number of rotatable bonds is 5. The van der Waals surface area contributed by atoms with Crippen LogP contribution in [0.3, 0.4) is 0 Å². The van der Waals surface area contributed by atoms with E-state index in [2.05, 4.69) is 4.90 Å². The molecule has 2 rings (SSSR count). The number of carboxylic acid groups (broad SMARTS) is 1. The van der Waals surface area contributed by atoms with Crippen LogP contribution in [0.25, 0.3) is 0 Å². The fourth-order valence-electron chi connectivity index (χ4n) is 2.75. The van der Waals surface area contributed by atoms with E-state index in [-0.39, 0.29) is 12.2 Å². The summed E-state index contributed by atoms with van der Waals surface area (Å²) in [5.41, 5.74) is 1.14. The summed E-state index contributed by atoms with van der Waals surface area (Å²) < 4.78 is 13.0. The van der Waals surface area contributed by atoms with Crippen molar-refractivity contribution in [3.05, 3.63) is 35.6 Å². The van der Waals surface area contributed by atoms with E-state index in [1.54, 1.807) is 0 Å². The highest BCUT2D eigenvalue weighted by atomic mass is 19.1. The molecule has 19 heavy (non-hydrogen) atoms. The van der Waals surface area contributed by atoms with Crippen LogP contribution in [0.2, 0.25) is 0 Å². The second-order valence-corrected chi connectivity index (χ2v) is 5.10. The molecule has 3 nitrogen and oxygen atoms in total. The molecule has 0 bridgehead atoms. The van der Waals surface area contributed by atoms with Crippen molar-refractivity contribution >= 4 is 5.97 Å². The van der Waals surface area contributed by atoms with Gasteiger partial charge in [-0.15, -0.1) is 0 Å². The topological polar surface area (TPSA) is 40.5 Å². The minimum atomic E-state index is -0.740. The Labute approximate surface area is 113 Å². The van der Waals surface area contributed by atoms with Gasteiger partial charge >= 0.3 is 5.97 Å². The largest absolute Gasteiger partial charge is 0.481 e. The Bertz CT molecular complexity index is 419. The summed E-state index contributed by atoms with van der Waals surface area (Å²) in [6.45, 7) is 1.80. The molecule has 1 heterocycles. The van der Waals surface area contributed by atoms with Crippen LogP contribution in [0.5, 0.6) is 0 Å². The molecule has 0 spiro atoms. The summed E-state index contributed by atoms with van der Waals surface area (Å²) in [4.78, 5) is 12.9. The molecule has 1 aliphatic rings. The number of hydrogen-bond acceptors (Lipinski definition) is 2. The Morgan fingerprint density at radius 2 is 2.05 bits per heavy atom. The Morgan fingerprint density at radius 1 is 1.32 bits per heavy atom. The van der Waals surface area contributed by atoms with Gasteiger partial charge < -0.3 is 5.11 Å². The molecule has 104 valence electrons. The van der Waals surface area contributed by atoms with Crippen molar-refractivity contribution in [3.63, 3.8) is 0 Å². The molecule has 1 aliphatic heterocycles. The molecule has 1 aromatic rings. The van der Waals surface area contributed by atoms with Crippen molar-refractivity contribution < 1.29 is 14.3 Å². The summed E-state index contributed by atoms with van der Waals surface area (Å²) in [7, 11) is 0. The van der Waals surface area contributed by atoms with Crippen LogP contribution in [-0.4, -0.2) is 29.1 Å². The zero-order valence-electron chi connectivity index (χ0n) is 11.0. The average Bonchev–Trinajstić information content (AvgIpc) is 2.40. The minimum absolute atomic E-state index is 0.211. The van der Waals surface area contributed by atoms with Crippen LogP contribution in [0.4, 0.5) is 4.39 Å². The van der Waals surface area contributed by atoms with Gasteiger partial charge in [-0.05, 0) is 50.0 Å². The third kappa shape index (κ3) is 4.03. The lowest BCUT2D eigenvalue weighted by molar-refractivity contribution is -0.137. The Balaban J connectivity index is 1.99. The summed E-state index contributed by atoms with van der Waals surface area (Å²) in [5, 5.41) is 8.70. The third-order valence-electron chi connectivity index (χ3n) is 3.70. The van der Waals surface area contributed by atoms with Gasteiger partial charge in [-0.1, -0.05) is 18.6 Å². The highest BCUT2D eigenvalue weighted by Crippen LogP contribution is 2.31. The van der Waals surface area contributed by atoms with Gasteiger partial charge in [0.2, 0.25) is 0 Å². The normalized spacial score (nSPS) is 20.4. The molecule has 0 aromatic heterocycles. The number of benzene rings is 1. The standard InChI is InChI=1S/C15H20FNO2/c16-13-8-6-12(7-9-13)14-4-1-2-10-17(14)11-3-5-15(18)19/h6-9,14H,1-5,10-11H2,(H,18,19). The quantitative estimate of drug-likeness (QED) is 0.888. The zero-order valence-corrected chi connectivity index (χ0v) is 11.0. The molecule has 1 N–H and O–H groups in total. The maximum atomic E-state index is 13.0. The Morgan fingerprint density at radius 3 is 2.74 bits per heavy atom. The van der Waals surface area contributed by atoms with Crippen molar-refractivity contribution in [3.8, 4) is 0 Å². The number of carbonyl (C=O) groups is 1. The van der Waals surface area contributed by atoms with Crippen LogP contribution < -0.4 is 0 Å². The lowest BCUT2D eigenvalue weighted by Crippen LogP contribution is -2.34. The van der Waals surface area contributed by atoms with Gasteiger partial charge in [-0.25, -0.2) is 4.39 Å². The minimum Gasteiger partial charge on any atom is -0.481 e. The van der Waals surface area contributed by atoms with Gasteiger partial charge in [-0.3, -0.25) is 9.69 Å². The van der Waals surface area contributed by atoms with Crippen molar-refractivity contribution in [1.29, 1.82) is 0 Å². The summed E-state index contributed by atoms with van der Waals surface area (Å²) >= 11 is 0. The molecule has 0 amide bonds. The van der Waals surface area contributed by atoms with Gasteiger partial charge in [0, 0.05) is 12.5 Å². The first-order valence-corrected chi connectivity index (χ1v) is 6.88. The first-order valence-electron chi connectivity index (χ1n) is 6.88. The van der Waals surface area contributed by atoms with Crippen LogP contribution in [0.15, 0.2) is 24.3 Å². The molecule has 1 unspecified atom stereocenters. The SMILES string of the molecule is O=C(O)CCCN1CCCCC1c1ccc(F)cc1. The van der Waals surface area contributed by atoms with Gasteiger partial charge in [0.1, 0.15) is 5.82 Å². The number of carboxylic acids is 1. The van der Waals surface area contributed by atoms with Crippen molar-refractivity contribution in [2.24, 2.45) is 0 Å². The van der Waals surface area contributed by atoms with Crippen LogP contribution in [0.1, 0.15) is 43.7 Å². The molecular formula is C15H20FNO2. The van der Waals surface area contributed by atoms with Crippen LogP contribution >= 0.6 is 0 Å². The van der Waals surface area contributed by atoms with E-state index >= 15 is 0 Å². The summed E-state index contributed by atoms with van der Waals surface area (Å²) in [5.74, 6) is -0.952. The highest BCUT2D eigenvalue weighted by Gasteiger charge is 2.23. The first-order chi connectivity index (χ1) is 9.16. The molecule has 4 heteroatoms. The lowest BCUT2D eigenvalue weighted by Gasteiger charge is -2.36. The third-order valence-corrected chi connectivity index (χ3v) is 3.70. The van der Waals surface area contributed by atoms with Gasteiger partial charge in [0.05, 0.1) is 0 Å². The molecule has 0 radical (unpaired) electrons. The molecule has 1 atom stereocenters. The second-order valence-electron chi connectivity index (χ2n) is 5.10. The van der Waals surface area contributed by atoms with E-state index < -0.39 is 5.97 Å². The van der Waals surface area contributed by atoms with Crippen molar-refractivity contribution in [1.82, 2.24) is 4.90 Å². The molecule has 1 aromatic carbocycles. The molecular weight excluding hydrogens is 245 g/mol. The zero-order chi connectivity index (χ0) is 13.7. The Kier molecular flexibility index (Phi) is 4.91.